The van der Waals surface area contributed by atoms with Crippen LogP contribution < -0.4 is 0 Å². The third kappa shape index (κ3) is 2.67. The summed E-state index contributed by atoms with van der Waals surface area (Å²) in [6, 6.07) is 16.5. The predicted molar refractivity (Wildman–Crippen MR) is 85.0 cm³/mol. The van der Waals surface area contributed by atoms with Gasteiger partial charge in [0.05, 0.1) is 17.0 Å². The van der Waals surface area contributed by atoms with E-state index < -0.39 is 15.6 Å². The number of benzene rings is 2. The van der Waals surface area contributed by atoms with Crippen molar-refractivity contribution in [3.8, 4) is 0 Å². The van der Waals surface area contributed by atoms with Crippen molar-refractivity contribution in [2.75, 3.05) is 13.2 Å². The number of nitrogens with zero attached hydrogens (tertiary/aromatic N) is 1. The van der Waals surface area contributed by atoms with Crippen LogP contribution >= 0.6 is 0 Å². The molecular weight excluding hydrogens is 298 g/mol. The van der Waals surface area contributed by atoms with Crippen LogP contribution in [0.5, 0.6) is 0 Å². The predicted octanol–water partition coefficient (Wildman–Crippen LogP) is 1.97. The van der Waals surface area contributed by atoms with Gasteiger partial charge in [-0.15, -0.1) is 0 Å². The van der Waals surface area contributed by atoms with Crippen LogP contribution in [-0.2, 0) is 16.4 Å². The zero-order valence-corrected chi connectivity index (χ0v) is 13.3. The minimum absolute atomic E-state index is 0.174. The second-order valence-corrected chi connectivity index (χ2v) is 7.73. The molecule has 0 bridgehead atoms. The summed E-state index contributed by atoms with van der Waals surface area (Å²) in [7, 11) is -3.55. The van der Waals surface area contributed by atoms with Gasteiger partial charge in [0.2, 0.25) is 10.0 Å². The highest BCUT2D eigenvalue weighted by atomic mass is 32.2. The van der Waals surface area contributed by atoms with E-state index >= 15 is 0 Å². The van der Waals surface area contributed by atoms with Gasteiger partial charge in [0, 0.05) is 6.54 Å². The molecule has 1 aliphatic rings. The third-order valence-corrected chi connectivity index (χ3v) is 6.11. The maximum absolute atomic E-state index is 12.7. The Labute approximate surface area is 131 Å². The first kappa shape index (κ1) is 15.2. The highest BCUT2D eigenvalue weighted by Crippen LogP contribution is 2.40. The van der Waals surface area contributed by atoms with E-state index in [-0.39, 0.29) is 11.5 Å². The van der Waals surface area contributed by atoms with E-state index in [0.29, 0.717) is 13.0 Å². The van der Waals surface area contributed by atoms with Crippen LogP contribution in [0.15, 0.2) is 59.5 Å². The summed E-state index contributed by atoms with van der Waals surface area (Å²) in [6.07, 6.45) is 0.523. The molecule has 0 aliphatic carbocycles. The van der Waals surface area contributed by atoms with Gasteiger partial charge >= 0.3 is 0 Å². The second kappa shape index (κ2) is 5.50. The number of rotatable bonds is 5. The normalized spacial score (nSPS) is 24.2. The van der Waals surface area contributed by atoms with Crippen LogP contribution in [0.25, 0.3) is 0 Å². The maximum atomic E-state index is 12.7. The molecule has 3 rings (SSSR count). The molecule has 0 radical (unpaired) electrons. The topological polar surface area (TPSA) is 57.4 Å². The van der Waals surface area contributed by atoms with E-state index in [2.05, 4.69) is 0 Å². The fourth-order valence-electron chi connectivity index (χ4n) is 2.71. The quantitative estimate of drug-likeness (QED) is 0.858. The molecule has 22 heavy (non-hydrogen) atoms. The number of hydrogen-bond acceptors (Lipinski definition) is 3. The van der Waals surface area contributed by atoms with Crippen molar-refractivity contribution in [3.63, 3.8) is 0 Å². The summed E-state index contributed by atoms with van der Waals surface area (Å²) in [6.45, 7) is 2.10. The summed E-state index contributed by atoms with van der Waals surface area (Å²) in [5, 5.41) is 9.74. The van der Waals surface area contributed by atoms with Crippen molar-refractivity contribution in [2.45, 2.75) is 23.8 Å². The van der Waals surface area contributed by atoms with E-state index in [0.717, 1.165) is 11.1 Å². The molecule has 5 heteroatoms. The van der Waals surface area contributed by atoms with Gasteiger partial charge in [0.1, 0.15) is 0 Å². The average Bonchev–Trinajstić information content (AvgIpc) is 3.24. The molecule has 1 aliphatic heterocycles. The van der Waals surface area contributed by atoms with Crippen LogP contribution in [0.4, 0.5) is 0 Å². The number of aryl methyl sites for hydroxylation is 1. The van der Waals surface area contributed by atoms with Crippen molar-refractivity contribution < 1.29 is 13.5 Å². The Balaban J connectivity index is 1.85. The van der Waals surface area contributed by atoms with Gasteiger partial charge in [0.15, 0.2) is 0 Å². The maximum Gasteiger partial charge on any atom is 0.243 e. The minimum Gasteiger partial charge on any atom is -0.394 e. The smallest absolute Gasteiger partial charge is 0.243 e. The Bertz CT molecular complexity index is 756. The molecule has 0 aromatic heterocycles. The van der Waals surface area contributed by atoms with Crippen LogP contribution in [0.3, 0.4) is 0 Å². The summed E-state index contributed by atoms with van der Waals surface area (Å²) >= 11 is 0. The summed E-state index contributed by atoms with van der Waals surface area (Å²) in [5.74, 6) is 0. The highest BCUT2D eigenvalue weighted by Gasteiger charge is 2.58. The first-order valence-corrected chi connectivity index (χ1v) is 8.66. The van der Waals surface area contributed by atoms with Crippen molar-refractivity contribution in [1.82, 2.24) is 4.31 Å². The van der Waals surface area contributed by atoms with Crippen LogP contribution in [0, 0.1) is 6.92 Å². The molecule has 1 fully saturated rings. The lowest BCUT2D eigenvalue weighted by molar-refractivity contribution is 0.234. The summed E-state index contributed by atoms with van der Waals surface area (Å²) in [5.41, 5.74) is 1.34. The molecule has 2 atom stereocenters. The van der Waals surface area contributed by atoms with Crippen molar-refractivity contribution in [2.24, 2.45) is 0 Å². The molecule has 1 saturated heterocycles. The first-order valence-electron chi connectivity index (χ1n) is 7.22. The Kier molecular flexibility index (Phi) is 3.80. The molecule has 1 N–H and O–H groups in total. The minimum atomic E-state index is -3.55. The lowest BCUT2D eigenvalue weighted by Crippen LogP contribution is -2.29. The average molecular weight is 317 g/mol. The van der Waals surface area contributed by atoms with Gasteiger partial charge in [-0.05, 0) is 31.0 Å². The van der Waals surface area contributed by atoms with E-state index in [9.17, 15) is 13.5 Å². The number of aliphatic hydroxyl groups excluding tert-OH is 1. The van der Waals surface area contributed by atoms with Crippen molar-refractivity contribution in [3.05, 3.63) is 65.7 Å². The lowest BCUT2D eigenvalue weighted by atomic mass is 10.0. The molecule has 2 aromatic rings. The Morgan fingerprint density at radius 1 is 1.09 bits per heavy atom. The first-order chi connectivity index (χ1) is 10.5. The fraction of sp³-hybridized carbons (Fsp3) is 0.294. The monoisotopic (exact) mass is 317 g/mol. The van der Waals surface area contributed by atoms with Gasteiger partial charge in [-0.25, -0.2) is 8.42 Å². The Morgan fingerprint density at radius 2 is 1.73 bits per heavy atom. The molecule has 2 aromatic carbocycles. The molecule has 0 amide bonds. The van der Waals surface area contributed by atoms with Gasteiger partial charge in [-0.1, -0.05) is 48.0 Å². The van der Waals surface area contributed by atoms with Crippen LogP contribution in [0.2, 0.25) is 0 Å². The van der Waals surface area contributed by atoms with E-state index in [4.69, 9.17) is 0 Å². The zero-order valence-electron chi connectivity index (χ0n) is 12.4. The standard InChI is InChI=1S/C17H19NO3S/c1-14-7-9-16(10-8-14)22(20,21)18-12-17(18,13-19)11-15-5-3-2-4-6-15/h2-10,19H,11-13H2,1H3/t17-,18?/m0/s1. The number of sulfonamides is 1. The van der Waals surface area contributed by atoms with Crippen LogP contribution in [-0.4, -0.2) is 36.5 Å². The van der Waals surface area contributed by atoms with Crippen molar-refractivity contribution in [1.29, 1.82) is 0 Å². The largest absolute Gasteiger partial charge is 0.394 e. The highest BCUT2D eigenvalue weighted by molar-refractivity contribution is 7.89. The fourth-order valence-corrected chi connectivity index (χ4v) is 4.49. The SMILES string of the molecule is Cc1ccc(S(=O)(=O)N2C[C@]2(CO)Cc2ccccc2)cc1. The number of aliphatic hydroxyl groups is 1. The summed E-state index contributed by atoms with van der Waals surface area (Å²) in [4.78, 5) is 0.279. The van der Waals surface area contributed by atoms with Gasteiger partial charge in [0.25, 0.3) is 0 Å². The van der Waals surface area contributed by atoms with Gasteiger partial charge < -0.3 is 5.11 Å². The van der Waals surface area contributed by atoms with Gasteiger partial charge in [-0.3, -0.25) is 0 Å². The van der Waals surface area contributed by atoms with E-state index in [1.807, 2.05) is 37.3 Å². The lowest BCUT2D eigenvalue weighted by Gasteiger charge is -2.15. The zero-order chi connectivity index (χ0) is 15.8. The third-order valence-electron chi connectivity index (χ3n) is 4.14. The molecule has 1 unspecified atom stereocenters. The molecule has 116 valence electrons. The van der Waals surface area contributed by atoms with E-state index in [1.165, 1.54) is 4.31 Å². The van der Waals surface area contributed by atoms with Crippen LogP contribution in [0.1, 0.15) is 11.1 Å². The second-order valence-electron chi connectivity index (χ2n) is 5.87. The van der Waals surface area contributed by atoms with E-state index in [1.54, 1.807) is 24.3 Å². The molecule has 0 spiro atoms. The molecular formula is C17H19NO3S. The number of hydrogen-bond donors (Lipinski definition) is 1. The molecule has 4 nitrogen and oxygen atoms in total. The summed E-state index contributed by atoms with van der Waals surface area (Å²) < 4.78 is 26.8. The van der Waals surface area contributed by atoms with Crippen molar-refractivity contribution >= 4 is 10.0 Å². The Hall–Kier alpha value is -1.69. The molecule has 0 saturated carbocycles. The van der Waals surface area contributed by atoms with Gasteiger partial charge in [-0.2, -0.15) is 4.31 Å². The molecule has 1 heterocycles. The Morgan fingerprint density at radius 3 is 2.32 bits per heavy atom.